The normalized spacial score (nSPS) is 11.8. The van der Waals surface area contributed by atoms with E-state index in [9.17, 15) is 9.59 Å². The van der Waals surface area contributed by atoms with E-state index in [0.717, 1.165) is 21.7 Å². The molecule has 5 nitrogen and oxygen atoms in total. The molecule has 0 atom stereocenters. The summed E-state index contributed by atoms with van der Waals surface area (Å²) >= 11 is 0. The van der Waals surface area contributed by atoms with Crippen molar-refractivity contribution in [1.82, 2.24) is 5.32 Å². The van der Waals surface area contributed by atoms with Gasteiger partial charge in [-0.3, -0.25) is 9.59 Å². The second-order valence-corrected chi connectivity index (χ2v) is 6.59. The molecule has 2 N–H and O–H groups in total. The molecule has 1 amide bonds. The van der Waals surface area contributed by atoms with Gasteiger partial charge in [-0.2, -0.15) is 0 Å². The standard InChI is InChI=1S/C19H19NO4/c1-11-13-9-8-12-6-4-5-7-14(12)16(13)24-15(11)17(21)20-10-19(2,3)18(22)23/h4-9H,10H2,1-3H3,(H,20,21)(H,22,23). The molecular weight excluding hydrogens is 306 g/mol. The number of hydrogen-bond donors (Lipinski definition) is 2. The van der Waals surface area contributed by atoms with Gasteiger partial charge in [-0.1, -0.05) is 36.4 Å². The van der Waals surface area contributed by atoms with Crippen LogP contribution in [0.2, 0.25) is 0 Å². The zero-order chi connectivity index (χ0) is 17.5. The molecule has 0 saturated heterocycles. The highest BCUT2D eigenvalue weighted by Gasteiger charge is 2.29. The summed E-state index contributed by atoms with van der Waals surface area (Å²) < 4.78 is 5.84. The number of carbonyl (C=O) groups is 2. The Morgan fingerprint density at radius 3 is 2.54 bits per heavy atom. The first-order valence-electron chi connectivity index (χ1n) is 7.74. The Hall–Kier alpha value is -2.82. The Balaban J connectivity index is 1.98. The predicted octanol–water partition coefficient (Wildman–Crippen LogP) is 3.74. The van der Waals surface area contributed by atoms with E-state index in [4.69, 9.17) is 9.52 Å². The van der Waals surface area contributed by atoms with Crippen LogP contribution in [-0.4, -0.2) is 23.5 Å². The maximum atomic E-state index is 12.4. The van der Waals surface area contributed by atoms with Crippen LogP contribution in [0.25, 0.3) is 21.7 Å². The summed E-state index contributed by atoms with van der Waals surface area (Å²) in [6, 6.07) is 11.8. The molecule has 1 heterocycles. The van der Waals surface area contributed by atoms with Gasteiger partial charge in [-0.05, 0) is 26.2 Å². The zero-order valence-corrected chi connectivity index (χ0v) is 13.8. The van der Waals surface area contributed by atoms with E-state index in [-0.39, 0.29) is 12.3 Å². The van der Waals surface area contributed by atoms with E-state index in [0.29, 0.717) is 5.58 Å². The number of aliphatic carboxylic acids is 1. The minimum atomic E-state index is -1.04. The Morgan fingerprint density at radius 2 is 1.83 bits per heavy atom. The van der Waals surface area contributed by atoms with Crippen LogP contribution in [0.4, 0.5) is 0 Å². The Kier molecular flexibility index (Phi) is 3.79. The predicted molar refractivity (Wildman–Crippen MR) is 92.2 cm³/mol. The molecule has 0 aliphatic heterocycles. The number of nitrogens with one attached hydrogen (secondary N) is 1. The average molecular weight is 325 g/mol. The molecule has 0 radical (unpaired) electrons. The molecule has 3 rings (SSSR count). The number of carboxylic acid groups (broad SMARTS) is 1. The number of amides is 1. The van der Waals surface area contributed by atoms with Gasteiger partial charge < -0.3 is 14.8 Å². The van der Waals surface area contributed by atoms with E-state index >= 15 is 0 Å². The zero-order valence-electron chi connectivity index (χ0n) is 13.8. The lowest BCUT2D eigenvalue weighted by Gasteiger charge is -2.19. The number of benzene rings is 2. The lowest BCUT2D eigenvalue weighted by molar-refractivity contribution is -0.146. The fourth-order valence-electron chi connectivity index (χ4n) is 2.62. The van der Waals surface area contributed by atoms with E-state index < -0.39 is 17.3 Å². The highest BCUT2D eigenvalue weighted by atomic mass is 16.4. The Morgan fingerprint density at radius 1 is 1.12 bits per heavy atom. The first-order chi connectivity index (χ1) is 11.3. The van der Waals surface area contributed by atoms with E-state index in [1.165, 1.54) is 0 Å². The van der Waals surface area contributed by atoms with Crippen molar-refractivity contribution in [3.63, 3.8) is 0 Å². The molecule has 0 fully saturated rings. The molecule has 0 aliphatic rings. The number of aryl methyl sites for hydroxylation is 1. The summed E-state index contributed by atoms with van der Waals surface area (Å²) in [6.07, 6.45) is 0. The van der Waals surface area contributed by atoms with E-state index in [2.05, 4.69) is 5.32 Å². The fourth-order valence-corrected chi connectivity index (χ4v) is 2.62. The van der Waals surface area contributed by atoms with Gasteiger partial charge in [-0.25, -0.2) is 0 Å². The summed E-state index contributed by atoms with van der Waals surface area (Å²) in [6.45, 7) is 4.99. The van der Waals surface area contributed by atoms with E-state index in [1.54, 1.807) is 13.8 Å². The van der Waals surface area contributed by atoms with Crippen molar-refractivity contribution >= 4 is 33.6 Å². The summed E-state index contributed by atoms with van der Waals surface area (Å²) in [5, 5.41) is 14.7. The monoisotopic (exact) mass is 325 g/mol. The second-order valence-electron chi connectivity index (χ2n) is 6.59. The van der Waals surface area contributed by atoms with Crippen LogP contribution in [0.5, 0.6) is 0 Å². The fraction of sp³-hybridized carbons (Fsp3) is 0.263. The second kappa shape index (κ2) is 5.67. The molecule has 124 valence electrons. The van der Waals surface area contributed by atoms with Crippen LogP contribution in [0.3, 0.4) is 0 Å². The van der Waals surface area contributed by atoms with Crippen molar-refractivity contribution in [2.75, 3.05) is 6.54 Å². The summed E-state index contributed by atoms with van der Waals surface area (Å²) in [7, 11) is 0. The van der Waals surface area contributed by atoms with Gasteiger partial charge in [0.15, 0.2) is 5.76 Å². The molecular formula is C19H19NO4. The average Bonchev–Trinajstić information content (AvgIpc) is 2.90. The maximum Gasteiger partial charge on any atom is 0.310 e. The minimum Gasteiger partial charge on any atom is -0.481 e. The smallest absolute Gasteiger partial charge is 0.310 e. The molecule has 0 spiro atoms. The Bertz CT molecular complexity index is 953. The number of rotatable bonds is 4. The van der Waals surface area contributed by atoms with Gasteiger partial charge >= 0.3 is 5.97 Å². The molecule has 1 aromatic heterocycles. The van der Waals surface area contributed by atoms with Gasteiger partial charge in [0.2, 0.25) is 0 Å². The number of carboxylic acids is 1. The molecule has 3 aromatic rings. The van der Waals surface area contributed by atoms with Gasteiger partial charge in [0, 0.05) is 22.9 Å². The van der Waals surface area contributed by atoms with Gasteiger partial charge in [0.25, 0.3) is 5.91 Å². The third-order valence-electron chi connectivity index (χ3n) is 4.30. The Labute approximate surface area is 139 Å². The highest BCUT2D eigenvalue weighted by molar-refractivity contribution is 6.08. The van der Waals surface area contributed by atoms with Gasteiger partial charge in [0.05, 0.1) is 5.41 Å². The first-order valence-corrected chi connectivity index (χ1v) is 7.74. The highest BCUT2D eigenvalue weighted by Crippen LogP contribution is 2.31. The van der Waals surface area contributed by atoms with Crippen molar-refractivity contribution in [1.29, 1.82) is 0 Å². The number of furan rings is 1. The van der Waals surface area contributed by atoms with Crippen molar-refractivity contribution < 1.29 is 19.1 Å². The molecule has 0 bridgehead atoms. The third kappa shape index (κ3) is 2.62. The molecule has 2 aromatic carbocycles. The van der Waals surface area contributed by atoms with Crippen LogP contribution in [0.1, 0.15) is 30.0 Å². The summed E-state index contributed by atoms with van der Waals surface area (Å²) in [5.41, 5.74) is 0.386. The van der Waals surface area contributed by atoms with E-state index in [1.807, 2.05) is 43.3 Å². The molecule has 5 heteroatoms. The topological polar surface area (TPSA) is 79.5 Å². The number of fused-ring (bicyclic) bond motifs is 3. The van der Waals surface area contributed by atoms with Crippen molar-refractivity contribution in [2.45, 2.75) is 20.8 Å². The summed E-state index contributed by atoms with van der Waals surface area (Å²) in [5.74, 6) is -1.14. The third-order valence-corrected chi connectivity index (χ3v) is 4.30. The van der Waals surface area contributed by atoms with Crippen LogP contribution in [0, 0.1) is 12.3 Å². The lowest BCUT2D eigenvalue weighted by Crippen LogP contribution is -2.38. The molecule has 0 unspecified atom stereocenters. The largest absolute Gasteiger partial charge is 0.481 e. The minimum absolute atomic E-state index is 0.0262. The first kappa shape index (κ1) is 16.1. The van der Waals surface area contributed by atoms with Crippen molar-refractivity contribution in [3.8, 4) is 0 Å². The van der Waals surface area contributed by atoms with Crippen LogP contribution >= 0.6 is 0 Å². The molecule has 0 saturated carbocycles. The maximum absolute atomic E-state index is 12.4. The lowest BCUT2D eigenvalue weighted by atomic mass is 9.94. The van der Waals surface area contributed by atoms with Gasteiger partial charge in [-0.15, -0.1) is 0 Å². The number of hydrogen-bond acceptors (Lipinski definition) is 3. The quantitative estimate of drug-likeness (QED) is 0.766. The molecule has 24 heavy (non-hydrogen) atoms. The summed E-state index contributed by atoms with van der Waals surface area (Å²) in [4.78, 5) is 23.6. The van der Waals surface area contributed by atoms with Crippen molar-refractivity contribution in [3.05, 3.63) is 47.7 Å². The van der Waals surface area contributed by atoms with Crippen LogP contribution < -0.4 is 5.32 Å². The SMILES string of the molecule is Cc1c(C(=O)NCC(C)(C)C(=O)O)oc2c1ccc1ccccc12. The number of carbonyl (C=O) groups excluding carboxylic acids is 1. The van der Waals surface area contributed by atoms with Crippen LogP contribution in [0.15, 0.2) is 40.8 Å². The van der Waals surface area contributed by atoms with Crippen LogP contribution in [-0.2, 0) is 4.79 Å². The van der Waals surface area contributed by atoms with Gasteiger partial charge in [0.1, 0.15) is 5.58 Å². The van der Waals surface area contributed by atoms with Crippen molar-refractivity contribution in [2.24, 2.45) is 5.41 Å². The molecule has 0 aliphatic carbocycles.